The molecule has 0 aromatic carbocycles. The molecule has 1 saturated carbocycles. The van der Waals surface area contributed by atoms with Crippen LogP contribution in [0.1, 0.15) is 81.3 Å². The fourth-order valence-electron chi connectivity index (χ4n) is 5.15. The first-order valence-corrected chi connectivity index (χ1v) is 10.6. The van der Waals surface area contributed by atoms with Gasteiger partial charge >= 0.3 is 0 Å². The second-order valence-corrected chi connectivity index (χ2v) is 8.41. The van der Waals surface area contributed by atoms with Gasteiger partial charge in [-0.25, -0.2) is 4.98 Å². The Labute approximate surface area is 157 Å². The topological polar surface area (TPSA) is 47.4 Å². The monoisotopic (exact) mass is 359 g/mol. The van der Waals surface area contributed by atoms with Crippen molar-refractivity contribution in [2.75, 3.05) is 26.3 Å². The highest BCUT2D eigenvalue weighted by Gasteiger charge is 2.31. The van der Waals surface area contributed by atoms with Crippen LogP contribution in [0.3, 0.4) is 0 Å². The van der Waals surface area contributed by atoms with Gasteiger partial charge in [-0.3, -0.25) is 4.79 Å². The van der Waals surface area contributed by atoms with E-state index >= 15 is 0 Å². The molecule has 1 aromatic heterocycles. The minimum atomic E-state index is 0.299. The molecule has 2 aliphatic heterocycles. The Morgan fingerprint density at radius 3 is 2.42 bits per heavy atom. The lowest BCUT2D eigenvalue weighted by atomic mass is 9.87. The molecule has 144 valence electrons. The second-order valence-electron chi connectivity index (χ2n) is 8.41. The Morgan fingerprint density at radius 2 is 1.73 bits per heavy atom. The van der Waals surface area contributed by atoms with Gasteiger partial charge in [0.2, 0.25) is 5.91 Å². The third-order valence-electron chi connectivity index (χ3n) is 6.69. The van der Waals surface area contributed by atoms with Crippen LogP contribution >= 0.6 is 0 Å². The minimum absolute atomic E-state index is 0.299. The van der Waals surface area contributed by atoms with Crippen LogP contribution in [-0.4, -0.2) is 46.7 Å². The van der Waals surface area contributed by atoms with Crippen LogP contribution < -0.4 is 0 Å². The third-order valence-corrected chi connectivity index (χ3v) is 6.69. The molecule has 0 spiro atoms. The molecule has 0 atom stereocenters. The van der Waals surface area contributed by atoms with Crippen molar-refractivity contribution in [3.05, 3.63) is 17.7 Å². The SMILES string of the molecule is Cc1cnc(C2CCOCC2)n1C1CCN(C(=O)C2CCCCC2)CC1. The van der Waals surface area contributed by atoms with E-state index in [1.54, 1.807) is 0 Å². The van der Waals surface area contributed by atoms with Gasteiger partial charge in [-0.15, -0.1) is 0 Å². The highest BCUT2D eigenvalue weighted by atomic mass is 16.5. The second kappa shape index (κ2) is 8.12. The molecular weight excluding hydrogens is 326 g/mol. The van der Waals surface area contributed by atoms with Gasteiger partial charge in [0, 0.05) is 56.1 Å². The minimum Gasteiger partial charge on any atom is -0.381 e. The summed E-state index contributed by atoms with van der Waals surface area (Å²) in [5.41, 5.74) is 1.27. The average molecular weight is 360 g/mol. The van der Waals surface area contributed by atoms with Crippen LogP contribution in [0.4, 0.5) is 0 Å². The van der Waals surface area contributed by atoms with E-state index in [-0.39, 0.29) is 0 Å². The molecule has 0 N–H and O–H groups in total. The summed E-state index contributed by atoms with van der Waals surface area (Å²) in [6.07, 6.45) is 12.3. The largest absolute Gasteiger partial charge is 0.381 e. The molecule has 5 heteroatoms. The zero-order valence-electron chi connectivity index (χ0n) is 16.2. The van der Waals surface area contributed by atoms with Crippen molar-refractivity contribution < 1.29 is 9.53 Å². The van der Waals surface area contributed by atoms with Crippen molar-refractivity contribution in [2.45, 2.75) is 76.7 Å². The summed E-state index contributed by atoms with van der Waals surface area (Å²) in [7, 11) is 0. The van der Waals surface area contributed by atoms with Crippen molar-refractivity contribution in [1.82, 2.24) is 14.5 Å². The number of imidazole rings is 1. The lowest BCUT2D eigenvalue weighted by molar-refractivity contribution is -0.137. The maximum atomic E-state index is 12.8. The van der Waals surface area contributed by atoms with Crippen molar-refractivity contribution >= 4 is 5.91 Å². The summed E-state index contributed by atoms with van der Waals surface area (Å²) in [5.74, 6) is 2.51. The normalized spacial score (nSPS) is 24.1. The van der Waals surface area contributed by atoms with Crippen LogP contribution in [0.25, 0.3) is 0 Å². The van der Waals surface area contributed by atoms with Crippen molar-refractivity contribution in [3.8, 4) is 0 Å². The standard InChI is InChI=1S/C21H33N3O2/c1-16-15-22-20(17-9-13-26-14-10-17)24(16)19-7-11-23(12-8-19)21(25)18-5-3-2-4-6-18/h15,17-19H,2-14H2,1H3. The summed E-state index contributed by atoms with van der Waals surface area (Å²) >= 11 is 0. The molecule has 1 amide bonds. The van der Waals surface area contributed by atoms with E-state index in [0.717, 1.165) is 64.8 Å². The van der Waals surface area contributed by atoms with E-state index in [2.05, 4.69) is 16.4 Å². The van der Waals surface area contributed by atoms with Crippen molar-refractivity contribution in [3.63, 3.8) is 0 Å². The first-order chi connectivity index (χ1) is 12.7. The number of ether oxygens (including phenoxy) is 1. The third kappa shape index (κ3) is 3.68. The Morgan fingerprint density at radius 1 is 1.04 bits per heavy atom. The maximum absolute atomic E-state index is 12.8. The number of aryl methyl sites for hydroxylation is 1. The van der Waals surface area contributed by atoms with Crippen LogP contribution in [0.15, 0.2) is 6.20 Å². The highest BCUT2D eigenvalue weighted by molar-refractivity contribution is 5.79. The quantitative estimate of drug-likeness (QED) is 0.824. The van der Waals surface area contributed by atoms with Crippen LogP contribution in [0, 0.1) is 12.8 Å². The number of carbonyl (C=O) groups excluding carboxylic acids is 1. The van der Waals surface area contributed by atoms with E-state index in [9.17, 15) is 4.79 Å². The van der Waals surface area contributed by atoms with E-state index in [4.69, 9.17) is 9.72 Å². The average Bonchev–Trinajstić information content (AvgIpc) is 3.10. The summed E-state index contributed by atoms with van der Waals surface area (Å²) in [4.78, 5) is 19.7. The lowest BCUT2D eigenvalue weighted by Crippen LogP contribution is -2.43. The Balaban J connectivity index is 1.40. The fourth-order valence-corrected chi connectivity index (χ4v) is 5.15. The smallest absolute Gasteiger partial charge is 0.225 e. The number of nitrogens with zero attached hydrogens (tertiary/aromatic N) is 3. The lowest BCUT2D eigenvalue weighted by Gasteiger charge is -2.37. The van der Waals surface area contributed by atoms with E-state index in [0.29, 0.717) is 23.8 Å². The van der Waals surface area contributed by atoms with Gasteiger partial charge in [-0.2, -0.15) is 0 Å². The predicted octanol–water partition coefficient (Wildman–Crippen LogP) is 3.83. The molecule has 1 aliphatic carbocycles. The zero-order valence-corrected chi connectivity index (χ0v) is 16.2. The number of amides is 1. The first-order valence-electron chi connectivity index (χ1n) is 10.6. The molecule has 1 aromatic rings. The van der Waals surface area contributed by atoms with Crippen LogP contribution in [0.5, 0.6) is 0 Å². The van der Waals surface area contributed by atoms with Gasteiger partial charge in [0.1, 0.15) is 5.82 Å². The van der Waals surface area contributed by atoms with Gasteiger partial charge < -0.3 is 14.2 Å². The van der Waals surface area contributed by atoms with Gasteiger partial charge in [-0.1, -0.05) is 19.3 Å². The molecule has 2 saturated heterocycles. The van der Waals surface area contributed by atoms with Gasteiger partial charge in [0.25, 0.3) is 0 Å². The summed E-state index contributed by atoms with van der Waals surface area (Å²) < 4.78 is 8.01. The van der Waals surface area contributed by atoms with E-state index in [1.807, 2.05) is 6.20 Å². The summed E-state index contributed by atoms with van der Waals surface area (Å²) in [6.45, 7) is 5.70. The molecule has 26 heavy (non-hydrogen) atoms. The number of hydrogen-bond donors (Lipinski definition) is 0. The molecular formula is C21H33N3O2. The molecule has 4 rings (SSSR count). The van der Waals surface area contributed by atoms with Gasteiger partial charge in [0.05, 0.1) is 0 Å². The molecule has 3 aliphatic rings. The van der Waals surface area contributed by atoms with E-state index < -0.39 is 0 Å². The molecule has 5 nitrogen and oxygen atoms in total. The highest BCUT2D eigenvalue weighted by Crippen LogP contribution is 2.33. The molecule has 0 bridgehead atoms. The molecule has 0 unspecified atom stereocenters. The molecule has 3 fully saturated rings. The number of hydrogen-bond acceptors (Lipinski definition) is 3. The molecule has 0 radical (unpaired) electrons. The zero-order chi connectivity index (χ0) is 17.9. The Hall–Kier alpha value is -1.36. The predicted molar refractivity (Wildman–Crippen MR) is 101 cm³/mol. The number of aromatic nitrogens is 2. The van der Waals surface area contributed by atoms with Gasteiger partial charge in [-0.05, 0) is 45.4 Å². The number of rotatable bonds is 3. The van der Waals surface area contributed by atoms with Crippen molar-refractivity contribution in [1.29, 1.82) is 0 Å². The van der Waals surface area contributed by atoms with Crippen molar-refractivity contribution in [2.24, 2.45) is 5.92 Å². The fraction of sp³-hybridized carbons (Fsp3) is 0.810. The number of carbonyl (C=O) groups is 1. The summed E-state index contributed by atoms with van der Waals surface area (Å²) in [6, 6.07) is 0.491. The number of piperidine rings is 1. The van der Waals surface area contributed by atoms with Crippen LogP contribution in [0.2, 0.25) is 0 Å². The maximum Gasteiger partial charge on any atom is 0.225 e. The molecule has 3 heterocycles. The van der Waals surface area contributed by atoms with E-state index in [1.165, 1.54) is 30.8 Å². The Bertz CT molecular complexity index is 607. The summed E-state index contributed by atoms with van der Waals surface area (Å²) in [5, 5.41) is 0. The van der Waals surface area contributed by atoms with Crippen LogP contribution in [-0.2, 0) is 9.53 Å². The Kier molecular flexibility index (Phi) is 5.63. The number of likely N-dealkylation sites (tertiary alicyclic amines) is 1. The first kappa shape index (κ1) is 18.0. The van der Waals surface area contributed by atoms with Gasteiger partial charge in [0.15, 0.2) is 0 Å².